The van der Waals surface area contributed by atoms with Crippen molar-refractivity contribution in [3.05, 3.63) is 87.8 Å². The largest absolute Gasteiger partial charge is 0.295 e. The molecule has 0 saturated heterocycles. The molecule has 1 heterocycles. The van der Waals surface area contributed by atoms with Gasteiger partial charge in [0.2, 0.25) is 5.78 Å². The van der Waals surface area contributed by atoms with Gasteiger partial charge in [-0.1, -0.05) is 35.9 Å². The van der Waals surface area contributed by atoms with Crippen molar-refractivity contribution in [1.82, 2.24) is 4.98 Å². The quantitative estimate of drug-likeness (QED) is 0.776. The molecule has 0 N–H and O–H groups in total. The second kappa shape index (κ2) is 5.95. The predicted molar refractivity (Wildman–Crippen MR) is 99.6 cm³/mol. The fourth-order valence-electron chi connectivity index (χ4n) is 4.61. The van der Waals surface area contributed by atoms with Gasteiger partial charge in [-0.05, 0) is 37.0 Å². The number of carbonyl (C=O) groups is 3. The Morgan fingerprint density at radius 2 is 1.67 bits per heavy atom. The van der Waals surface area contributed by atoms with Crippen LogP contribution in [0.3, 0.4) is 0 Å². The standard InChI is InChI=1S/C23H17NO3/c25-17-10-4-8-14-12-16-20(19(18(14)17)13-6-2-1-3-7-13)23(27)21-15(22(16)26)9-5-11-24-21/h1-3,5-7,9,11,19H,4,8,10,12H2. The van der Waals surface area contributed by atoms with Gasteiger partial charge in [0, 0.05) is 35.3 Å². The number of hydrogen-bond donors (Lipinski definition) is 0. The average molecular weight is 355 g/mol. The molecular weight excluding hydrogens is 338 g/mol. The van der Waals surface area contributed by atoms with Crippen LogP contribution < -0.4 is 0 Å². The summed E-state index contributed by atoms with van der Waals surface area (Å²) in [6.45, 7) is 0. The molecule has 0 radical (unpaired) electrons. The molecule has 4 nitrogen and oxygen atoms in total. The first kappa shape index (κ1) is 16.1. The summed E-state index contributed by atoms with van der Waals surface area (Å²) >= 11 is 0. The summed E-state index contributed by atoms with van der Waals surface area (Å²) < 4.78 is 0. The second-order valence-electron chi connectivity index (χ2n) is 7.26. The third kappa shape index (κ3) is 2.29. The molecule has 0 spiro atoms. The normalized spacial score (nSPS) is 21.8. The molecule has 0 fully saturated rings. The van der Waals surface area contributed by atoms with Crippen LogP contribution in [0.2, 0.25) is 0 Å². The number of rotatable bonds is 1. The first-order valence-electron chi connectivity index (χ1n) is 9.24. The van der Waals surface area contributed by atoms with Crippen LogP contribution in [0, 0.1) is 0 Å². The first-order chi connectivity index (χ1) is 13.2. The van der Waals surface area contributed by atoms with E-state index < -0.39 is 5.92 Å². The number of allylic oxidation sites excluding steroid dienone is 4. The molecule has 1 aromatic heterocycles. The molecule has 4 heteroatoms. The van der Waals surface area contributed by atoms with Crippen molar-refractivity contribution in [2.24, 2.45) is 0 Å². The van der Waals surface area contributed by atoms with E-state index in [0.717, 1.165) is 29.6 Å². The topological polar surface area (TPSA) is 64.1 Å². The molecule has 3 aliphatic rings. The van der Waals surface area contributed by atoms with Crippen molar-refractivity contribution in [3.63, 3.8) is 0 Å². The van der Waals surface area contributed by atoms with Gasteiger partial charge < -0.3 is 0 Å². The van der Waals surface area contributed by atoms with Gasteiger partial charge in [-0.15, -0.1) is 0 Å². The molecule has 1 unspecified atom stereocenters. The van der Waals surface area contributed by atoms with Gasteiger partial charge in [0.15, 0.2) is 11.6 Å². The molecule has 0 saturated carbocycles. The Labute approximate surface area is 156 Å². The van der Waals surface area contributed by atoms with Crippen LogP contribution in [0.4, 0.5) is 0 Å². The van der Waals surface area contributed by atoms with E-state index in [-0.39, 0.29) is 23.0 Å². The highest BCUT2D eigenvalue weighted by atomic mass is 16.1. The van der Waals surface area contributed by atoms with Gasteiger partial charge in [0.1, 0.15) is 5.69 Å². The van der Waals surface area contributed by atoms with E-state index in [9.17, 15) is 14.4 Å². The zero-order chi connectivity index (χ0) is 18.5. The van der Waals surface area contributed by atoms with Crippen molar-refractivity contribution in [2.75, 3.05) is 0 Å². The molecule has 132 valence electrons. The molecular formula is C23H17NO3. The van der Waals surface area contributed by atoms with Crippen molar-refractivity contribution in [3.8, 4) is 0 Å². The van der Waals surface area contributed by atoms with Gasteiger partial charge >= 0.3 is 0 Å². The van der Waals surface area contributed by atoms with E-state index in [1.807, 2.05) is 30.3 Å². The van der Waals surface area contributed by atoms with Crippen LogP contribution in [0.25, 0.3) is 0 Å². The number of benzene rings is 1. The van der Waals surface area contributed by atoms with E-state index in [2.05, 4.69) is 4.98 Å². The highest BCUT2D eigenvalue weighted by molar-refractivity contribution is 6.28. The Hall–Kier alpha value is -3.14. The van der Waals surface area contributed by atoms with Crippen LogP contribution in [-0.4, -0.2) is 22.3 Å². The van der Waals surface area contributed by atoms with Gasteiger partial charge in [-0.25, -0.2) is 0 Å². The lowest BCUT2D eigenvalue weighted by Gasteiger charge is -2.36. The zero-order valence-electron chi connectivity index (χ0n) is 14.7. The summed E-state index contributed by atoms with van der Waals surface area (Å²) in [5.74, 6) is -0.717. The Kier molecular flexibility index (Phi) is 3.54. The number of aromatic nitrogens is 1. The van der Waals surface area contributed by atoms with E-state index in [4.69, 9.17) is 0 Å². The lowest BCUT2D eigenvalue weighted by atomic mass is 9.65. The van der Waals surface area contributed by atoms with Crippen LogP contribution in [-0.2, 0) is 4.79 Å². The van der Waals surface area contributed by atoms with Crippen LogP contribution in [0.15, 0.2) is 71.0 Å². The maximum atomic E-state index is 13.4. The molecule has 3 aliphatic carbocycles. The van der Waals surface area contributed by atoms with Crippen molar-refractivity contribution < 1.29 is 14.4 Å². The highest BCUT2D eigenvalue weighted by Gasteiger charge is 2.44. The number of hydrogen-bond acceptors (Lipinski definition) is 4. The third-order valence-electron chi connectivity index (χ3n) is 5.78. The Bertz CT molecular complexity index is 1080. The summed E-state index contributed by atoms with van der Waals surface area (Å²) in [6, 6.07) is 12.9. The fourth-order valence-corrected chi connectivity index (χ4v) is 4.61. The highest BCUT2D eigenvalue weighted by Crippen LogP contribution is 2.48. The molecule has 5 rings (SSSR count). The molecule has 1 atom stereocenters. The number of fused-ring (bicyclic) bond motifs is 1. The minimum absolute atomic E-state index is 0.101. The van der Waals surface area contributed by atoms with Crippen molar-refractivity contribution >= 4 is 17.3 Å². The molecule has 2 aromatic rings. The Balaban J connectivity index is 1.77. The lowest BCUT2D eigenvalue weighted by Crippen LogP contribution is -2.33. The van der Waals surface area contributed by atoms with E-state index in [1.54, 1.807) is 12.1 Å². The Morgan fingerprint density at radius 3 is 2.48 bits per heavy atom. The first-order valence-corrected chi connectivity index (χ1v) is 9.24. The molecule has 0 amide bonds. The van der Waals surface area contributed by atoms with Gasteiger partial charge in [0.05, 0.1) is 5.56 Å². The van der Waals surface area contributed by atoms with E-state index in [1.165, 1.54) is 6.20 Å². The lowest BCUT2D eigenvalue weighted by molar-refractivity contribution is -0.116. The average Bonchev–Trinajstić information content (AvgIpc) is 2.71. The van der Waals surface area contributed by atoms with E-state index >= 15 is 0 Å². The summed E-state index contributed by atoms with van der Waals surface area (Å²) in [5, 5.41) is 0. The van der Waals surface area contributed by atoms with Crippen LogP contribution in [0.5, 0.6) is 0 Å². The maximum Gasteiger partial charge on any atom is 0.209 e. The van der Waals surface area contributed by atoms with Crippen molar-refractivity contribution in [1.29, 1.82) is 0 Å². The molecule has 1 aromatic carbocycles. The SMILES string of the molecule is O=C1CCCC2=C1C(c1ccccc1)C1=C(C2)C(=O)c2cccnc2C1=O. The number of pyridine rings is 1. The predicted octanol–water partition coefficient (Wildman–Crippen LogP) is 3.99. The number of nitrogens with zero attached hydrogens (tertiary/aromatic N) is 1. The van der Waals surface area contributed by atoms with Gasteiger partial charge in [-0.2, -0.15) is 0 Å². The van der Waals surface area contributed by atoms with Crippen molar-refractivity contribution in [2.45, 2.75) is 31.6 Å². The smallest absolute Gasteiger partial charge is 0.209 e. The zero-order valence-corrected chi connectivity index (χ0v) is 14.7. The third-order valence-corrected chi connectivity index (χ3v) is 5.78. The maximum absolute atomic E-state index is 13.4. The van der Waals surface area contributed by atoms with Gasteiger partial charge in [-0.3, -0.25) is 19.4 Å². The summed E-state index contributed by atoms with van der Waals surface area (Å²) in [7, 11) is 0. The number of carbonyl (C=O) groups excluding carboxylic acids is 3. The number of Topliss-reactive ketones (excluding diaryl/α,β-unsaturated/α-hetero) is 3. The van der Waals surface area contributed by atoms with Crippen LogP contribution >= 0.6 is 0 Å². The molecule has 0 aliphatic heterocycles. The minimum atomic E-state index is -0.468. The summed E-state index contributed by atoms with van der Waals surface area (Å²) in [5.41, 5.74) is 4.20. The summed E-state index contributed by atoms with van der Waals surface area (Å²) in [4.78, 5) is 43.5. The van der Waals surface area contributed by atoms with E-state index in [0.29, 0.717) is 29.6 Å². The molecule has 0 bridgehead atoms. The monoisotopic (exact) mass is 355 g/mol. The minimum Gasteiger partial charge on any atom is -0.295 e. The second-order valence-corrected chi connectivity index (χ2v) is 7.26. The Morgan fingerprint density at radius 1 is 0.852 bits per heavy atom. The van der Waals surface area contributed by atoms with Gasteiger partial charge in [0.25, 0.3) is 0 Å². The summed E-state index contributed by atoms with van der Waals surface area (Å²) in [6.07, 6.45) is 4.05. The number of ketones is 3. The molecule has 27 heavy (non-hydrogen) atoms. The fraction of sp³-hybridized carbons (Fsp3) is 0.217. The van der Waals surface area contributed by atoms with Crippen LogP contribution in [0.1, 0.15) is 58.0 Å².